The van der Waals surface area contributed by atoms with E-state index in [2.05, 4.69) is 23.2 Å². The van der Waals surface area contributed by atoms with E-state index < -0.39 is 0 Å². The molecule has 0 bridgehead atoms. The number of H-pyrrole nitrogens is 1. The van der Waals surface area contributed by atoms with Crippen molar-refractivity contribution in [3.8, 4) is 0 Å². The van der Waals surface area contributed by atoms with E-state index in [-0.39, 0.29) is 0 Å². The molecule has 2 nitrogen and oxygen atoms in total. The van der Waals surface area contributed by atoms with Gasteiger partial charge in [0.2, 0.25) is 0 Å². The van der Waals surface area contributed by atoms with E-state index >= 15 is 0 Å². The Morgan fingerprint density at radius 3 is 2.33 bits per heavy atom. The number of nitrogens with one attached hydrogen (secondary N) is 1. The van der Waals surface area contributed by atoms with Crippen molar-refractivity contribution in [2.75, 3.05) is 0 Å². The molecule has 0 radical (unpaired) electrons. The third kappa shape index (κ3) is 2.13. The summed E-state index contributed by atoms with van der Waals surface area (Å²) in [4.78, 5) is 3.12. The van der Waals surface area contributed by atoms with Crippen molar-refractivity contribution in [1.82, 2.24) is 4.98 Å². The van der Waals surface area contributed by atoms with Gasteiger partial charge in [-0.2, -0.15) is 0 Å². The maximum Gasteiger partial charge on any atom is 0.133 e. The Hall–Kier alpha value is -2.48. The van der Waals surface area contributed by atoms with Gasteiger partial charge < -0.3 is 9.40 Å². The fraction of sp³-hybridized carbons (Fsp3) is 0. The molecule has 0 unspecified atom stereocenters. The molecule has 1 N–H and O–H groups in total. The predicted molar refractivity (Wildman–Crippen MR) is 74.5 cm³/mol. The summed E-state index contributed by atoms with van der Waals surface area (Å²) in [6.07, 6.45) is 3.65. The van der Waals surface area contributed by atoms with Gasteiger partial charge in [-0.25, -0.2) is 0 Å². The smallest absolute Gasteiger partial charge is 0.133 e. The van der Waals surface area contributed by atoms with Gasteiger partial charge in [-0.3, -0.25) is 0 Å². The molecule has 2 heteroatoms. The van der Waals surface area contributed by atoms with E-state index in [9.17, 15) is 0 Å². The highest BCUT2D eigenvalue weighted by Gasteiger charge is 1.89. The number of benzene rings is 2. The molecule has 2 aromatic heterocycles. The van der Waals surface area contributed by atoms with Crippen LogP contribution in [0, 0.1) is 0 Å². The Kier molecular flexibility index (Phi) is 2.84. The maximum absolute atomic E-state index is 5.12. The molecular formula is C16H13NO. The molecule has 18 heavy (non-hydrogen) atoms. The molecule has 0 saturated heterocycles. The summed E-state index contributed by atoms with van der Waals surface area (Å²) in [6.45, 7) is 0. The number of aromatic nitrogens is 1. The van der Waals surface area contributed by atoms with Crippen LogP contribution in [-0.2, 0) is 0 Å². The van der Waals surface area contributed by atoms with Crippen molar-refractivity contribution >= 4 is 21.9 Å². The summed E-state index contributed by atoms with van der Waals surface area (Å²) >= 11 is 0. The van der Waals surface area contributed by atoms with Crippen molar-refractivity contribution < 1.29 is 4.42 Å². The average molecular weight is 235 g/mol. The van der Waals surface area contributed by atoms with Gasteiger partial charge in [0.25, 0.3) is 0 Å². The first-order valence-corrected chi connectivity index (χ1v) is 5.88. The molecule has 4 aromatic rings. The normalized spacial score (nSPS) is 10.2. The Labute approximate surface area is 105 Å². The van der Waals surface area contributed by atoms with Gasteiger partial charge in [0.1, 0.15) is 5.58 Å². The summed E-state index contributed by atoms with van der Waals surface area (Å²) in [5.41, 5.74) is 2.16. The standard InChI is InChI=1S/C8H7N.C8H6O/c2*1-2-4-8-7(3-1)5-6-9-8/h1-6,9H;1-6H. The molecule has 0 aliphatic carbocycles. The summed E-state index contributed by atoms with van der Waals surface area (Å²) in [5, 5.41) is 2.44. The van der Waals surface area contributed by atoms with Gasteiger partial charge in [0.15, 0.2) is 0 Å². The molecule has 0 fully saturated rings. The highest BCUT2D eigenvalue weighted by atomic mass is 16.3. The fourth-order valence-corrected chi connectivity index (χ4v) is 1.90. The van der Waals surface area contributed by atoms with Gasteiger partial charge in [0.05, 0.1) is 6.26 Å². The summed E-state index contributed by atoms with van der Waals surface area (Å²) in [5.74, 6) is 0. The van der Waals surface area contributed by atoms with E-state index in [0.29, 0.717) is 0 Å². The second-order valence-electron chi connectivity index (χ2n) is 4.02. The quantitative estimate of drug-likeness (QED) is 0.474. The van der Waals surface area contributed by atoms with Gasteiger partial charge in [0, 0.05) is 17.1 Å². The van der Waals surface area contributed by atoms with Crippen molar-refractivity contribution in [1.29, 1.82) is 0 Å². The number of hydrogen-bond donors (Lipinski definition) is 1. The van der Waals surface area contributed by atoms with Crippen molar-refractivity contribution in [2.24, 2.45) is 0 Å². The Morgan fingerprint density at radius 1 is 0.722 bits per heavy atom. The SMILES string of the molecule is c1ccc2[nH]ccc2c1.c1ccc2occc2c1. The molecule has 4 rings (SSSR count). The van der Waals surface area contributed by atoms with Crippen molar-refractivity contribution in [3.63, 3.8) is 0 Å². The Morgan fingerprint density at radius 2 is 1.50 bits per heavy atom. The van der Waals surface area contributed by atoms with Gasteiger partial charge >= 0.3 is 0 Å². The second kappa shape index (κ2) is 4.80. The van der Waals surface area contributed by atoms with Gasteiger partial charge in [-0.05, 0) is 29.7 Å². The lowest BCUT2D eigenvalue weighted by molar-refractivity contribution is 0.616. The molecule has 2 heterocycles. The molecule has 2 aromatic carbocycles. The van der Waals surface area contributed by atoms with Gasteiger partial charge in [-0.15, -0.1) is 0 Å². The van der Waals surface area contributed by atoms with Crippen LogP contribution in [0.3, 0.4) is 0 Å². The molecule has 0 saturated carbocycles. The Bertz CT molecular complexity index is 625. The number of para-hydroxylation sites is 2. The molecule has 0 spiro atoms. The van der Waals surface area contributed by atoms with Crippen molar-refractivity contribution in [2.45, 2.75) is 0 Å². The van der Waals surface area contributed by atoms with Gasteiger partial charge in [-0.1, -0.05) is 36.4 Å². The zero-order valence-electron chi connectivity index (χ0n) is 9.84. The van der Waals surface area contributed by atoms with E-state index in [1.54, 1.807) is 6.26 Å². The zero-order valence-corrected chi connectivity index (χ0v) is 9.84. The lowest BCUT2D eigenvalue weighted by Gasteiger charge is -1.83. The van der Waals surface area contributed by atoms with Crippen molar-refractivity contribution in [3.05, 3.63) is 73.1 Å². The maximum atomic E-state index is 5.12. The summed E-state index contributed by atoms with van der Waals surface area (Å²) in [7, 11) is 0. The molecule has 0 aliphatic rings. The lowest BCUT2D eigenvalue weighted by atomic mass is 10.3. The first-order chi connectivity index (χ1) is 8.93. The number of furan rings is 1. The topological polar surface area (TPSA) is 28.9 Å². The number of rotatable bonds is 0. The predicted octanol–water partition coefficient (Wildman–Crippen LogP) is 4.60. The summed E-state index contributed by atoms with van der Waals surface area (Å²) < 4.78 is 5.12. The average Bonchev–Trinajstić information content (AvgIpc) is 3.08. The first-order valence-electron chi connectivity index (χ1n) is 5.88. The van der Waals surface area contributed by atoms with Crippen LogP contribution in [0.5, 0.6) is 0 Å². The highest BCUT2D eigenvalue weighted by Crippen LogP contribution is 2.12. The van der Waals surface area contributed by atoms with Crippen LogP contribution in [0.25, 0.3) is 21.9 Å². The largest absolute Gasteiger partial charge is 0.464 e. The molecular weight excluding hydrogens is 222 g/mol. The first kappa shape index (κ1) is 10.7. The highest BCUT2D eigenvalue weighted by molar-refractivity contribution is 5.78. The van der Waals surface area contributed by atoms with E-state index in [1.165, 1.54) is 10.9 Å². The van der Waals surface area contributed by atoms with Crippen LogP contribution in [0.15, 0.2) is 77.5 Å². The number of hydrogen-bond acceptors (Lipinski definition) is 1. The third-order valence-electron chi connectivity index (χ3n) is 2.82. The number of fused-ring (bicyclic) bond motifs is 2. The molecule has 0 amide bonds. The fourth-order valence-electron chi connectivity index (χ4n) is 1.90. The van der Waals surface area contributed by atoms with Crippen LogP contribution < -0.4 is 0 Å². The monoisotopic (exact) mass is 235 g/mol. The van der Waals surface area contributed by atoms with E-state index in [0.717, 1.165) is 11.0 Å². The number of aromatic amines is 1. The lowest BCUT2D eigenvalue weighted by Crippen LogP contribution is -1.61. The zero-order chi connectivity index (χ0) is 12.2. The van der Waals surface area contributed by atoms with E-state index in [1.807, 2.05) is 48.7 Å². The second-order valence-corrected chi connectivity index (χ2v) is 4.02. The minimum Gasteiger partial charge on any atom is -0.464 e. The van der Waals surface area contributed by atoms with Crippen LogP contribution >= 0.6 is 0 Å². The minimum absolute atomic E-state index is 0.956. The van der Waals surface area contributed by atoms with Crippen LogP contribution in [0.2, 0.25) is 0 Å². The van der Waals surface area contributed by atoms with Crippen LogP contribution in [-0.4, -0.2) is 4.98 Å². The third-order valence-corrected chi connectivity index (χ3v) is 2.82. The molecule has 88 valence electrons. The summed E-state index contributed by atoms with van der Waals surface area (Å²) in [6, 6.07) is 20.2. The molecule has 0 aliphatic heterocycles. The molecule has 0 atom stereocenters. The van der Waals surface area contributed by atoms with E-state index in [4.69, 9.17) is 4.42 Å². The van der Waals surface area contributed by atoms with Crippen LogP contribution in [0.4, 0.5) is 0 Å². The minimum atomic E-state index is 0.956. The van der Waals surface area contributed by atoms with Crippen LogP contribution in [0.1, 0.15) is 0 Å². The Balaban J connectivity index is 0.000000111.